The van der Waals surface area contributed by atoms with Gasteiger partial charge in [0.1, 0.15) is 5.75 Å². The number of fused-ring (bicyclic) bond motifs is 4. The Labute approximate surface area is 473 Å². The highest BCUT2D eigenvalue weighted by Crippen LogP contribution is 2.53. The fraction of sp³-hybridized carbons (Fsp3) is 0.400. The van der Waals surface area contributed by atoms with Crippen LogP contribution in [0, 0.1) is 0 Å². The van der Waals surface area contributed by atoms with E-state index in [1.807, 2.05) is 47.4 Å². The molecule has 0 aromatic heterocycles. The number of para-hydroxylation sites is 1. The van der Waals surface area contributed by atoms with Gasteiger partial charge in [0.25, 0.3) is 0 Å². The van der Waals surface area contributed by atoms with Gasteiger partial charge in [-0.2, -0.15) is 13.2 Å². The third-order valence-electron chi connectivity index (χ3n) is 15.5. The third kappa shape index (κ3) is 12.6. The van der Waals surface area contributed by atoms with Gasteiger partial charge in [-0.25, -0.2) is 0 Å². The molecule has 6 aliphatic rings. The van der Waals surface area contributed by atoms with E-state index in [-0.39, 0.29) is 43.5 Å². The van der Waals surface area contributed by atoms with Crippen LogP contribution in [0.4, 0.5) is 24.5 Å². The Balaban J connectivity index is 0.000000218. The van der Waals surface area contributed by atoms with Gasteiger partial charge in [0, 0.05) is 79.8 Å². The number of anilines is 2. The summed E-state index contributed by atoms with van der Waals surface area (Å²) in [6.07, 6.45) is -0.108. The van der Waals surface area contributed by atoms with Crippen molar-refractivity contribution in [1.82, 2.24) is 19.6 Å². The largest absolute Gasteiger partial charge is 0.493 e. The van der Waals surface area contributed by atoms with E-state index in [1.54, 1.807) is 34.5 Å². The Morgan fingerprint density at radius 3 is 1.92 bits per heavy atom. The van der Waals surface area contributed by atoms with Crippen LogP contribution in [0.5, 0.6) is 46.0 Å². The highest BCUT2D eigenvalue weighted by molar-refractivity contribution is 7.99. The lowest BCUT2D eigenvalue weighted by molar-refractivity contribution is -0.137. The second kappa shape index (κ2) is 25.7. The molecule has 6 aliphatic heterocycles. The van der Waals surface area contributed by atoms with E-state index in [0.717, 1.165) is 110 Å². The summed E-state index contributed by atoms with van der Waals surface area (Å²) in [6.45, 7) is 8.15. The lowest BCUT2D eigenvalue weighted by Gasteiger charge is -2.37. The lowest BCUT2D eigenvalue weighted by atomic mass is 9.87. The summed E-state index contributed by atoms with van der Waals surface area (Å²) in [5.41, 5.74) is 8.16. The van der Waals surface area contributed by atoms with Crippen LogP contribution in [0.15, 0.2) is 113 Å². The molecule has 6 aromatic rings. The van der Waals surface area contributed by atoms with Crippen molar-refractivity contribution in [1.29, 1.82) is 0 Å². The Morgan fingerprint density at radius 2 is 1.23 bits per heavy atom. The molecule has 0 amide bonds. The minimum Gasteiger partial charge on any atom is -0.493 e. The van der Waals surface area contributed by atoms with E-state index in [0.29, 0.717) is 59.0 Å². The Morgan fingerprint density at radius 1 is 0.603 bits per heavy atom. The zero-order chi connectivity index (χ0) is 53.1. The van der Waals surface area contributed by atoms with Gasteiger partial charge in [-0.1, -0.05) is 42.1 Å². The summed E-state index contributed by atoms with van der Waals surface area (Å²) in [5.74, 6) is 5.41. The number of likely N-dealkylation sites (N-methyl/N-ethyl adjacent to an activating group) is 2. The summed E-state index contributed by atoms with van der Waals surface area (Å²) >= 11 is 1.53. The molecule has 418 valence electrons. The fourth-order valence-electron chi connectivity index (χ4n) is 11.4. The van der Waals surface area contributed by atoms with Gasteiger partial charge in [0.05, 0.1) is 52.0 Å². The normalized spacial score (nSPS) is 18.1. The van der Waals surface area contributed by atoms with Gasteiger partial charge < -0.3 is 43.3 Å². The summed E-state index contributed by atoms with van der Waals surface area (Å²) in [7, 11) is 11.1. The van der Waals surface area contributed by atoms with Crippen molar-refractivity contribution >= 4 is 48.0 Å². The molecule has 12 nitrogen and oxygen atoms in total. The Bertz CT molecular complexity index is 3020. The van der Waals surface area contributed by atoms with Gasteiger partial charge in [-0.3, -0.25) is 14.7 Å². The Kier molecular flexibility index (Phi) is 19.3. The number of benzene rings is 6. The number of methoxy groups -OCH3 is 4. The maximum atomic E-state index is 13.3. The molecular weight excluding hydrogens is 1060 g/mol. The van der Waals surface area contributed by atoms with Crippen LogP contribution < -0.4 is 33.3 Å². The van der Waals surface area contributed by atoms with E-state index in [1.165, 1.54) is 46.1 Å². The number of rotatable bonds is 10. The molecule has 1 fully saturated rings. The molecule has 0 aliphatic carbocycles. The first-order valence-corrected chi connectivity index (χ1v) is 27.0. The van der Waals surface area contributed by atoms with Crippen LogP contribution >= 0.6 is 36.6 Å². The molecular formula is C60H70Cl2F3N5O7S. The van der Waals surface area contributed by atoms with Gasteiger partial charge in [0.15, 0.2) is 34.5 Å². The molecule has 1 N–H and O–H groups in total. The zero-order valence-corrected chi connectivity index (χ0v) is 47.5. The number of alkyl halides is 3. The van der Waals surface area contributed by atoms with Crippen molar-refractivity contribution in [3.8, 4) is 46.0 Å². The zero-order valence-electron chi connectivity index (χ0n) is 45.1. The maximum Gasteiger partial charge on any atom is 0.416 e. The van der Waals surface area contributed by atoms with E-state index in [9.17, 15) is 13.2 Å². The number of β-amino-alcohol motifs (C(OH)–C–C–N with tert-alkyl or cyclic N) is 1. The van der Waals surface area contributed by atoms with Crippen molar-refractivity contribution < 1.29 is 46.7 Å². The van der Waals surface area contributed by atoms with E-state index >= 15 is 0 Å². The van der Waals surface area contributed by atoms with Crippen LogP contribution in [-0.2, 0) is 31.9 Å². The van der Waals surface area contributed by atoms with Crippen molar-refractivity contribution in [3.05, 3.63) is 142 Å². The van der Waals surface area contributed by atoms with Gasteiger partial charge in [0.2, 0.25) is 5.75 Å². The molecule has 0 saturated carbocycles. The average molecular weight is 1130 g/mol. The first-order chi connectivity index (χ1) is 36.9. The van der Waals surface area contributed by atoms with Crippen molar-refractivity contribution in [2.75, 3.05) is 113 Å². The quantitative estimate of drug-likeness (QED) is 0.141. The average Bonchev–Trinajstić information content (AvgIpc) is 3.49. The highest BCUT2D eigenvalue weighted by atomic mass is 35.5. The van der Waals surface area contributed by atoms with Crippen molar-refractivity contribution in [2.45, 2.75) is 60.2 Å². The Hall–Kier alpha value is -5.56. The molecule has 0 radical (unpaired) electrons. The molecule has 0 spiro atoms. The second-order valence-electron chi connectivity index (χ2n) is 20.1. The summed E-state index contributed by atoms with van der Waals surface area (Å²) in [5, 5.41) is 9.07. The summed E-state index contributed by atoms with van der Waals surface area (Å²) in [4.78, 5) is 13.4. The molecule has 18 heteroatoms. The number of ether oxygens (including phenoxy) is 6. The third-order valence-corrected chi connectivity index (χ3v) is 16.7. The SMILES string of the molecule is COc1ccc2cc1Oc1ccc(cc1)CC1c3cc(c(OC)cc3CCN1C)Oc1c(OC)c(OC)cc3c1C(C2)N(C)CC3.Cl.Cl.OCCN1CCN(CCCN2c3ccccc3Sc3ccc(C(F)(F)F)cc32)CC1. The van der Waals surface area contributed by atoms with Crippen molar-refractivity contribution in [3.63, 3.8) is 0 Å². The van der Waals surface area contributed by atoms with E-state index in [2.05, 4.69) is 76.2 Å². The number of halogens is 5. The molecule has 2 unspecified atom stereocenters. The molecule has 6 aromatic carbocycles. The number of aliphatic hydroxyl groups is 1. The molecule has 1 saturated heterocycles. The molecule has 78 heavy (non-hydrogen) atoms. The number of hydrogen-bond acceptors (Lipinski definition) is 13. The fourth-order valence-corrected chi connectivity index (χ4v) is 12.4. The van der Waals surface area contributed by atoms with E-state index < -0.39 is 11.7 Å². The topological polar surface area (TPSA) is 91.8 Å². The van der Waals surface area contributed by atoms with Crippen molar-refractivity contribution in [2.24, 2.45) is 0 Å². The van der Waals surface area contributed by atoms with E-state index in [4.69, 9.17) is 33.5 Å². The van der Waals surface area contributed by atoms with Crippen LogP contribution in [0.1, 0.15) is 57.4 Å². The molecule has 2 atom stereocenters. The predicted molar refractivity (Wildman–Crippen MR) is 306 cm³/mol. The summed E-state index contributed by atoms with van der Waals surface area (Å²) in [6, 6.07) is 33.2. The predicted octanol–water partition coefficient (Wildman–Crippen LogP) is 12.3. The van der Waals surface area contributed by atoms with Crippen LogP contribution in [0.2, 0.25) is 0 Å². The van der Waals surface area contributed by atoms with Gasteiger partial charge >= 0.3 is 6.18 Å². The van der Waals surface area contributed by atoms with Gasteiger partial charge in [-0.05, 0) is 153 Å². The monoisotopic (exact) mass is 1130 g/mol. The smallest absolute Gasteiger partial charge is 0.416 e. The minimum absolute atomic E-state index is 0. The van der Waals surface area contributed by atoms with Gasteiger partial charge in [-0.15, -0.1) is 24.8 Å². The first-order valence-electron chi connectivity index (χ1n) is 26.2. The standard InChI is InChI=1S/C38H42N2O6.C22H26F3N3OS.2ClH/c1-39-15-13-25-20-32(42-4)34-22-28(25)29(39)17-23-7-10-27(11-8-23)45-33-19-24(9-12-31(33)41-3)18-30-36-26(14-16-40(30)2)21-35(43-5)37(44-6)38(36)46-34;23-22(24,25)17-6-7-21-19(16-17)28(18-4-1-2-5-20(18)30-21)9-3-8-26-10-12-27(13-11-26)14-15-29;;/h7-12,19-22,29-30H,13-18H2,1-6H3;1-2,4-7,16,29H,3,8-15H2;2*1H. The first kappa shape index (κ1) is 58.6. The number of hydrogen-bond donors (Lipinski definition) is 1. The minimum atomic E-state index is -4.35. The number of aliphatic hydroxyl groups excluding tert-OH is 1. The lowest BCUT2D eigenvalue weighted by Crippen LogP contribution is -2.47. The van der Waals surface area contributed by atoms with Crippen LogP contribution in [-0.4, -0.2) is 133 Å². The number of nitrogens with zero attached hydrogens (tertiary/aromatic N) is 5. The van der Waals surface area contributed by atoms with Crippen LogP contribution in [0.3, 0.4) is 0 Å². The van der Waals surface area contributed by atoms with Crippen LogP contribution in [0.25, 0.3) is 0 Å². The molecule has 6 heterocycles. The number of piperazine rings is 1. The maximum absolute atomic E-state index is 13.3. The summed E-state index contributed by atoms with van der Waals surface area (Å²) < 4.78 is 77.0. The second-order valence-corrected chi connectivity index (χ2v) is 21.2. The highest BCUT2D eigenvalue weighted by Gasteiger charge is 2.36. The molecule has 12 rings (SSSR count). The molecule has 6 bridgehead atoms.